The van der Waals surface area contributed by atoms with Crippen molar-refractivity contribution in [3.8, 4) is 0 Å². The van der Waals surface area contributed by atoms with Gasteiger partial charge in [-0.1, -0.05) is 47.5 Å². The van der Waals surface area contributed by atoms with Gasteiger partial charge in [-0.25, -0.2) is 0 Å². The first-order valence-electron chi connectivity index (χ1n) is 12.6. The minimum atomic E-state index is -0.560. The number of anilines is 1. The predicted molar refractivity (Wildman–Crippen MR) is 149 cm³/mol. The largest absolute Gasteiger partial charge is 0.380 e. The van der Waals surface area contributed by atoms with Gasteiger partial charge in [0, 0.05) is 75.1 Å². The van der Waals surface area contributed by atoms with Gasteiger partial charge in [0.1, 0.15) is 0 Å². The molecule has 0 spiro atoms. The molecule has 0 aliphatic carbocycles. The molecule has 8 nitrogen and oxygen atoms in total. The van der Waals surface area contributed by atoms with E-state index in [1.54, 1.807) is 25.3 Å². The highest BCUT2D eigenvalue weighted by Gasteiger charge is 2.27. The molecule has 2 amide bonds. The van der Waals surface area contributed by atoms with Crippen molar-refractivity contribution in [2.24, 2.45) is 5.73 Å². The van der Waals surface area contributed by atoms with Crippen molar-refractivity contribution in [2.45, 2.75) is 38.5 Å². The third kappa shape index (κ3) is 8.58. The average molecular weight is 551 g/mol. The number of nitrogens with two attached hydrogens (primary N) is 1. The minimum absolute atomic E-state index is 0.0350. The summed E-state index contributed by atoms with van der Waals surface area (Å²) in [4.78, 5) is 29.8. The van der Waals surface area contributed by atoms with Crippen molar-refractivity contribution in [2.75, 3.05) is 51.3 Å². The van der Waals surface area contributed by atoms with Crippen molar-refractivity contribution in [1.82, 2.24) is 15.5 Å². The van der Waals surface area contributed by atoms with Gasteiger partial charge in [0.25, 0.3) is 0 Å². The van der Waals surface area contributed by atoms with Crippen LogP contribution in [0.25, 0.3) is 0 Å². The van der Waals surface area contributed by atoms with E-state index in [4.69, 9.17) is 33.7 Å². The normalized spacial score (nSPS) is 15.4. The third-order valence-corrected chi connectivity index (χ3v) is 7.10. The van der Waals surface area contributed by atoms with E-state index >= 15 is 0 Å². The van der Waals surface area contributed by atoms with Crippen LogP contribution >= 0.6 is 23.2 Å². The Bertz CT molecular complexity index is 1050. The van der Waals surface area contributed by atoms with Crippen molar-refractivity contribution < 1.29 is 14.3 Å². The smallest absolute Gasteiger partial charge is 0.225 e. The fourth-order valence-electron chi connectivity index (χ4n) is 4.38. The van der Waals surface area contributed by atoms with Gasteiger partial charge in [0.05, 0.1) is 18.6 Å². The van der Waals surface area contributed by atoms with Crippen LogP contribution in [0, 0.1) is 0 Å². The van der Waals surface area contributed by atoms with E-state index in [0.717, 1.165) is 26.2 Å². The van der Waals surface area contributed by atoms with Gasteiger partial charge in [-0.05, 0) is 36.2 Å². The number of hydrogen-bond acceptors (Lipinski definition) is 6. The molecule has 2 unspecified atom stereocenters. The number of halogens is 2. The lowest BCUT2D eigenvalue weighted by molar-refractivity contribution is -0.132. The molecule has 0 saturated carbocycles. The summed E-state index contributed by atoms with van der Waals surface area (Å²) in [6.07, 6.45) is 0.427. The zero-order chi connectivity index (χ0) is 26.8. The van der Waals surface area contributed by atoms with Crippen LogP contribution in [0.1, 0.15) is 36.9 Å². The van der Waals surface area contributed by atoms with E-state index in [0.29, 0.717) is 28.7 Å². The van der Waals surface area contributed by atoms with Gasteiger partial charge in [-0.2, -0.15) is 0 Å². The predicted octanol–water partition coefficient (Wildman–Crippen LogP) is 3.36. The first-order valence-corrected chi connectivity index (χ1v) is 13.4. The van der Waals surface area contributed by atoms with Crippen LogP contribution < -0.4 is 21.3 Å². The van der Waals surface area contributed by atoms with Gasteiger partial charge >= 0.3 is 0 Å². The van der Waals surface area contributed by atoms with Crippen LogP contribution in [-0.4, -0.2) is 69.2 Å². The summed E-state index contributed by atoms with van der Waals surface area (Å²) in [5, 5.41) is 7.27. The molecule has 2 atom stereocenters. The van der Waals surface area contributed by atoms with Crippen LogP contribution in [0.2, 0.25) is 10.0 Å². The van der Waals surface area contributed by atoms with E-state index in [1.807, 2.05) is 24.0 Å². The summed E-state index contributed by atoms with van der Waals surface area (Å²) >= 11 is 12.5. The van der Waals surface area contributed by atoms with Crippen LogP contribution in [0.5, 0.6) is 0 Å². The maximum atomic E-state index is 13.3. The summed E-state index contributed by atoms with van der Waals surface area (Å²) < 4.78 is 5.32. The molecule has 1 fully saturated rings. The van der Waals surface area contributed by atoms with Gasteiger partial charge < -0.3 is 30.9 Å². The van der Waals surface area contributed by atoms with Gasteiger partial charge in [-0.3, -0.25) is 9.59 Å². The van der Waals surface area contributed by atoms with E-state index in [1.165, 1.54) is 11.3 Å². The van der Waals surface area contributed by atoms with E-state index in [-0.39, 0.29) is 37.3 Å². The van der Waals surface area contributed by atoms with Crippen LogP contribution in [0.3, 0.4) is 0 Å². The summed E-state index contributed by atoms with van der Waals surface area (Å²) in [6.45, 7) is 6.42. The number of carbonyl (C=O) groups is 2. The van der Waals surface area contributed by atoms with Crippen molar-refractivity contribution in [3.05, 3.63) is 63.6 Å². The molecular weight excluding hydrogens is 513 g/mol. The number of para-hydroxylation sites is 1. The standard InChI is InChI=1S/C27H37Cl2N5O3/c1-19(37-2)17-31-18-20-5-3-4-6-25(20)33-11-13-34(14-12-33)27(36)16-24(32-26(35)9-10-30)22-8-7-21(28)15-23(22)29/h3-8,15,19,24,31H,9-14,16-18,30H2,1-2H3,(H,32,35). The number of methoxy groups -OCH3 is 1. The highest BCUT2D eigenvalue weighted by Crippen LogP contribution is 2.29. The maximum absolute atomic E-state index is 13.3. The molecule has 2 aromatic carbocycles. The Balaban J connectivity index is 1.62. The lowest BCUT2D eigenvalue weighted by atomic mass is 10.0. The van der Waals surface area contributed by atoms with Crippen molar-refractivity contribution in [3.63, 3.8) is 0 Å². The highest BCUT2D eigenvalue weighted by molar-refractivity contribution is 6.35. The van der Waals surface area contributed by atoms with Gasteiger partial charge in [0.15, 0.2) is 0 Å². The first-order chi connectivity index (χ1) is 17.8. The monoisotopic (exact) mass is 549 g/mol. The van der Waals surface area contributed by atoms with E-state index < -0.39 is 6.04 Å². The second-order valence-electron chi connectivity index (χ2n) is 9.20. The van der Waals surface area contributed by atoms with Gasteiger partial charge in [-0.15, -0.1) is 0 Å². The Morgan fingerprint density at radius 1 is 1.11 bits per heavy atom. The molecule has 37 heavy (non-hydrogen) atoms. The molecule has 1 aliphatic heterocycles. The lowest BCUT2D eigenvalue weighted by Crippen LogP contribution is -2.49. The number of rotatable bonds is 12. The molecule has 4 N–H and O–H groups in total. The number of nitrogens with zero attached hydrogens (tertiary/aromatic N) is 2. The number of carbonyl (C=O) groups excluding carboxylic acids is 2. The number of benzene rings is 2. The topological polar surface area (TPSA) is 99.9 Å². The Morgan fingerprint density at radius 3 is 2.51 bits per heavy atom. The highest BCUT2D eigenvalue weighted by atomic mass is 35.5. The number of ether oxygens (including phenoxy) is 1. The first kappa shape index (κ1) is 29.2. The molecule has 1 heterocycles. The fraction of sp³-hybridized carbons (Fsp3) is 0.481. The fourth-order valence-corrected chi connectivity index (χ4v) is 4.92. The number of nitrogens with one attached hydrogen (secondary N) is 2. The van der Waals surface area contributed by atoms with E-state index in [2.05, 4.69) is 27.7 Å². The zero-order valence-corrected chi connectivity index (χ0v) is 23.0. The summed E-state index contributed by atoms with van der Waals surface area (Å²) in [5.74, 6) is -0.256. The number of piperazine rings is 1. The summed E-state index contributed by atoms with van der Waals surface area (Å²) in [7, 11) is 1.71. The average Bonchev–Trinajstić information content (AvgIpc) is 2.88. The quantitative estimate of drug-likeness (QED) is 0.375. The van der Waals surface area contributed by atoms with Crippen LogP contribution in [0.15, 0.2) is 42.5 Å². The Morgan fingerprint density at radius 2 is 1.84 bits per heavy atom. The molecule has 0 radical (unpaired) electrons. The second-order valence-corrected chi connectivity index (χ2v) is 10.0. The van der Waals surface area contributed by atoms with Crippen LogP contribution in [0.4, 0.5) is 5.69 Å². The lowest BCUT2D eigenvalue weighted by Gasteiger charge is -2.37. The Labute approximate surface area is 229 Å². The molecule has 3 rings (SSSR count). The molecule has 0 aromatic heterocycles. The van der Waals surface area contributed by atoms with Gasteiger partial charge in [0.2, 0.25) is 11.8 Å². The zero-order valence-electron chi connectivity index (χ0n) is 21.5. The third-order valence-electron chi connectivity index (χ3n) is 6.54. The molecule has 2 aromatic rings. The molecule has 10 heteroatoms. The molecule has 1 aliphatic rings. The Hall–Kier alpha value is -2.36. The minimum Gasteiger partial charge on any atom is -0.380 e. The van der Waals surface area contributed by atoms with Crippen molar-refractivity contribution in [1.29, 1.82) is 0 Å². The molecule has 1 saturated heterocycles. The second kappa shape index (κ2) is 14.5. The molecule has 202 valence electrons. The Kier molecular flexibility index (Phi) is 11.5. The molecular formula is C27H37Cl2N5O3. The SMILES string of the molecule is COC(C)CNCc1ccccc1N1CCN(C(=O)CC(NC(=O)CCN)c2ccc(Cl)cc2Cl)CC1. The maximum Gasteiger partial charge on any atom is 0.225 e. The number of hydrogen-bond donors (Lipinski definition) is 3. The molecule has 0 bridgehead atoms. The number of amides is 2. The summed E-state index contributed by atoms with van der Waals surface area (Å²) in [6, 6.07) is 12.8. The van der Waals surface area contributed by atoms with Crippen molar-refractivity contribution >= 4 is 40.7 Å². The van der Waals surface area contributed by atoms with E-state index in [9.17, 15) is 9.59 Å². The summed E-state index contributed by atoms with van der Waals surface area (Å²) in [5.41, 5.74) is 8.58. The van der Waals surface area contributed by atoms with Crippen LogP contribution in [-0.2, 0) is 20.9 Å².